The molecular formula is C34H49N4O14P. The van der Waals surface area contributed by atoms with Gasteiger partial charge in [-0.25, -0.2) is 0 Å². The van der Waals surface area contributed by atoms with Crippen LogP contribution in [0.15, 0.2) is 60.7 Å². The van der Waals surface area contributed by atoms with E-state index in [-0.39, 0.29) is 37.6 Å². The number of aliphatic carboxylic acids is 5. The third-order valence-corrected chi connectivity index (χ3v) is 9.85. The number of hydrogen-bond donors (Lipinski definition) is 6. The van der Waals surface area contributed by atoms with Gasteiger partial charge in [-0.3, -0.25) is 43.2 Å². The molecule has 1 aliphatic rings. The van der Waals surface area contributed by atoms with Crippen LogP contribution in [0, 0.1) is 0 Å². The molecule has 19 heteroatoms. The predicted molar refractivity (Wildman–Crippen MR) is 188 cm³/mol. The molecule has 0 bridgehead atoms. The largest absolute Gasteiger partial charge is 0.756 e. The SMILES string of the molecule is O=C(O)CN(CCCN(CC(=O)O)CC(COP(=O)([O-])OC1CCC(c2ccccc2)(c2ccccc2)CC1)N(CC(=O)O)CC(=O)O)CC(=O)O.[NH4+]. The molecule has 3 rings (SSSR count). The molecule has 2 aromatic rings. The Kier molecular flexibility index (Phi) is 18.2. The van der Waals surface area contributed by atoms with Gasteiger partial charge in [0.2, 0.25) is 0 Å². The van der Waals surface area contributed by atoms with E-state index in [4.69, 9.17) is 19.3 Å². The fraction of sp³-hybridized carbons (Fsp3) is 0.500. The molecule has 9 N–H and O–H groups in total. The summed E-state index contributed by atoms with van der Waals surface area (Å²) in [6.45, 7) is -4.80. The fourth-order valence-electron chi connectivity index (χ4n) is 6.61. The molecule has 18 nitrogen and oxygen atoms in total. The van der Waals surface area contributed by atoms with Gasteiger partial charge < -0.3 is 45.6 Å². The lowest BCUT2D eigenvalue weighted by Crippen LogP contribution is -2.51. The monoisotopic (exact) mass is 768 g/mol. The van der Waals surface area contributed by atoms with E-state index < -0.39 is 89.1 Å². The number of phosphoric ester groups is 1. The number of rotatable bonds is 24. The van der Waals surface area contributed by atoms with Crippen LogP contribution < -0.4 is 11.0 Å². The molecule has 294 valence electrons. The summed E-state index contributed by atoms with van der Waals surface area (Å²) in [5.74, 6) is -6.73. The second-order valence-corrected chi connectivity index (χ2v) is 14.1. The Morgan fingerprint density at radius 2 is 1.13 bits per heavy atom. The summed E-state index contributed by atoms with van der Waals surface area (Å²) in [7, 11) is -5.07. The summed E-state index contributed by atoms with van der Waals surface area (Å²) in [6, 6.07) is 18.5. The van der Waals surface area contributed by atoms with E-state index in [1.807, 2.05) is 60.7 Å². The molecule has 0 heterocycles. The van der Waals surface area contributed by atoms with Crippen LogP contribution in [-0.4, -0.2) is 141 Å². The van der Waals surface area contributed by atoms with Gasteiger partial charge in [-0.1, -0.05) is 60.7 Å². The highest BCUT2D eigenvalue weighted by atomic mass is 31.2. The minimum absolute atomic E-state index is 0. The van der Waals surface area contributed by atoms with Crippen LogP contribution in [0.4, 0.5) is 0 Å². The van der Waals surface area contributed by atoms with Crippen molar-refractivity contribution in [1.82, 2.24) is 20.9 Å². The molecule has 0 aliphatic heterocycles. The van der Waals surface area contributed by atoms with Gasteiger partial charge in [0.05, 0.1) is 45.4 Å². The Morgan fingerprint density at radius 3 is 1.57 bits per heavy atom. The first-order valence-electron chi connectivity index (χ1n) is 16.6. The lowest BCUT2D eigenvalue weighted by molar-refractivity contribution is -0.232. The zero-order valence-corrected chi connectivity index (χ0v) is 30.4. The van der Waals surface area contributed by atoms with E-state index >= 15 is 0 Å². The molecule has 0 amide bonds. The number of carboxylic acids is 5. The number of nitrogens with zero attached hydrogens (tertiary/aromatic N) is 3. The van der Waals surface area contributed by atoms with Crippen molar-refractivity contribution >= 4 is 37.7 Å². The van der Waals surface area contributed by atoms with E-state index in [9.17, 15) is 48.8 Å². The van der Waals surface area contributed by atoms with E-state index in [0.717, 1.165) is 20.9 Å². The van der Waals surface area contributed by atoms with Crippen LogP contribution in [0.25, 0.3) is 0 Å². The van der Waals surface area contributed by atoms with Crippen molar-refractivity contribution in [2.45, 2.75) is 49.7 Å². The maximum absolute atomic E-state index is 13.2. The van der Waals surface area contributed by atoms with Crippen LogP contribution in [0.1, 0.15) is 43.2 Å². The number of carbonyl (C=O) groups is 5. The van der Waals surface area contributed by atoms with Gasteiger partial charge in [0.25, 0.3) is 7.82 Å². The number of carboxylic acid groups (broad SMARTS) is 5. The summed E-state index contributed by atoms with van der Waals surface area (Å²) >= 11 is 0. The van der Waals surface area contributed by atoms with Crippen molar-refractivity contribution in [2.75, 3.05) is 59.0 Å². The Hall–Kier alpha value is -4.26. The Morgan fingerprint density at radius 1 is 0.717 bits per heavy atom. The van der Waals surface area contributed by atoms with E-state index in [1.165, 1.54) is 4.90 Å². The smallest absolute Gasteiger partial charge is 0.317 e. The molecule has 2 aromatic carbocycles. The maximum atomic E-state index is 13.2. The second-order valence-electron chi connectivity index (χ2n) is 12.7. The van der Waals surface area contributed by atoms with Crippen LogP contribution in [0.5, 0.6) is 0 Å². The average molecular weight is 769 g/mol. The third kappa shape index (κ3) is 15.3. The minimum atomic E-state index is -5.07. The van der Waals surface area contributed by atoms with E-state index in [0.29, 0.717) is 25.7 Å². The molecule has 1 saturated carbocycles. The Bertz CT molecular complexity index is 1470. The highest BCUT2D eigenvalue weighted by Gasteiger charge is 2.39. The zero-order chi connectivity index (χ0) is 38.3. The van der Waals surface area contributed by atoms with Crippen molar-refractivity contribution in [1.29, 1.82) is 0 Å². The molecule has 2 atom stereocenters. The van der Waals surface area contributed by atoms with Gasteiger partial charge in [-0.05, 0) is 43.2 Å². The number of phosphoric acid groups is 1. The van der Waals surface area contributed by atoms with Gasteiger partial charge in [0.1, 0.15) is 0 Å². The topological polar surface area (TPSA) is 291 Å². The van der Waals surface area contributed by atoms with Crippen molar-refractivity contribution in [3.05, 3.63) is 71.8 Å². The van der Waals surface area contributed by atoms with E-state index in [1.54, 1.807) is 0 Å². The van der Waals surface area contributed by atoms with Crippen LogP contribution in [-0.2, 0) is 43.0 Å². The van der Waals surface area contributed by atoms with Crippen LogP contribution >= 0.6 is 7.82 Å². The highest BCUT2D eigenvalue weighted by molar-refractivity contribution is 7.45. The predicted octanol–water partition coefficient (Wildman–Crippen LogP) is 1.88. The number of quaternary nitrogens is 1. The van der Waals surface area contributed by atoms with Crippen molar-refractivity contribution in [3.63, 3.8) is 0 Å². The molecule has 1 aliphatic carbocycles. The molecular weight excluding hydrogens is 719 g/mol. The normalized spacial score (nSPS) is 16.1. The summed E-state index contributed by atoms with van der Waals surface area (Å²) in [6.07, 6.45) is 1.19. The summed E-state index contributed by atoms with van der Waals surface area (Å²) in [4.78, 5) is 73.9. The Balaban J connectivity index is 0.00000972. The standard InChI is InChI=1S/C34H46N3O14P.H3N/c38-29(39)19-35(16-7-17-36(20-30(40)41)21-31(42)43)18-27(37(22-32(44)45)23-33(46)47)24-50-52(48,49)51-28-12-14-34(15-13-28,25-8-3-1-4-9-25)26-10-5-2-6-11-26;/h1-6,8-11,27-28H,7,12-24H2,(H,38,39)(H,40,41)(H,42,43)(H,44,45)(H,46,47)(H,48,49);1H3. The third-order valence-electron chi connectivity index (χ3n) is 8.83. The maximum Gasteiger partial charge on any atom is 0.317 e. The second kappa shape index (κ2) is 21.4. The van der Waals surface area contributed by atoms with Crippen molar-refractivity contribution < 1.29 is 68.0 Å². The van der Waals surface area contributed by atoms with E-state index in [2.05, 4.69) is 0 Å². The molecule has 0 radical (unpaired) electrons. The highest BCUT2D eigenvalue weighted by Crippen LogP contribution is 2.49. The number of hydrogen-bond acceptors (Lipinski definition) is 12. The van der Waals surface area contributed by atoms with Gasteiger partial charge in [-0.15, -0.1) is 0 Å². The first-order chi connectivity index (χ1) is 24.6. The minimum Gasteiger partial charge on any atom is -0.756 e. The fourth-order valence-corrected chi connectivity index (χ4v) is 7.60. The van der Waals surface area contributed by atoms with Crippen LogP contribution in [0.2, 0.25) is 0 Å². The summed E-state index contributed by atoms with van der Waals surface area (Å²) < 4.78 is 23.9. The first-order valence-corrected chi connectivity index (χ1v) is 18.1. The van der Waals surface area contributed by atoms with Crippen molar-refractivity contribution in [2.24, 2.45) is 0 Å². The summed E-state index contributed by atoms with van der Waals surface area (Å²) in [5.41, 5.74) is 1.80. The number of benzene rings is 2. The zero-order valence-electron chi connectivity index (χ0n) is 29.5. The Labute approximate surface area is 306 Å². The average Bonchev–Trinajstić information content (AvgIpc) is 3.06. The molecule has 0 aromatic heterocycles. The van der Waals surface area contributed by atoms with Gasteiger partial charge in [-0.2, -0.15) is 0 Å². The van der Waals surface area contributed by atoms with Crippen LogP contribution in [0.3, 0.4) is 0 Å². The molecule has 0 spiro atoms. The van der Waals surface area contributed by atoms with Crippen molar-refractivity contribution in [3.8, 4) is 0 Å². The molecule has 1 fully saturated rings. The van der Waals surface area contributed by atoms with Gasteiger partial charge >= 0.3 is 29.8 Å². The molecule has 53 heavy (non-hydrogen) atoms. The quantitative estimate of drug-likeness (QED) is 0.0831. The molecule has 2 unspecified atom stereocenters. The lowest BCUT2D eigenvalue weighted by Gasteiger charge is -2.42. The first kappa shape index (κ1) is 44.9. The van der Waals surface area contributed by atoms with Gasteiger partial charge in [0.15, 0.2) is 0 Å². The summed E-state index contributed by atoms with van der Waals surface area (Å²) in [5, 5.41) is 46.7. The lowest BCUT2D eigenvalue weighted by atomic mass is 9.65. The molecule has 0 saturated heterocycles. The van der Waals surface area contributed by atoms with Gasteiger partial charge in [0, 0.05) is 31.1 Å².